The van der Waals surface area contributed by atoms with Crippen LogP contribution in [0.4, 0.5) is 0 Å². The van der Waals surface area contributed by atoms with Gasteiger partial charge in [-0.2, -0.15) is 5.10 Å². The molecule has 1 aromatic heterocycles. The SMILES string of the molecule is O=C(COc1ccc(Cl)cc1)N/N=C\c1ccc(-c2cccc(Cl)c2Cl)o1. The fourth-order valence-electron chi connectivity index (χ4n) is 2.14. The number of carbonyl (C=O) groups excluding carboxylic acids is 1. The van der Waals surface area contributed by atoms with E-state index in [9.17, 15) is 4.79 Å². The van der Waals surface area contributed by atoms with Crippen molar-refractivity contribution in [2.45, 2.75) is 0 Å². The Labute approximate surface area is 170 Å². The number of hydrazone groups is 1. The van der Waals surface area contributed by atoms with Crippen LogP contribution in [0, 0.1) is 0 Å². The highest BCUT2D eigenvalue weighted by molar-refractivity contribution is 6.43. The summed E-state index contributed by atoms with van der Waals surface area (Å²) in [6.07, 6.45) is 1.38. The van der Waals surface area contributed by atoms with Crippen molar-refractivity contribution < 1.29 is 13.9 Å². The molecule has 0 saturated carbocycles. The van der Waals surface area contributed by atoms with Gasteiger partial charge < -0.3 is 9.15 Å². The fraction of sp³-hybridized carbons (Fsp3) is 0.0526. The number of furan rings is 1. The lowest BCUT2D eigenvalue weighted by Crippen LogP contribution is -2.24. The molecule has 0 aliphatic rings. The van der Waals surface area contributed by atoms with Crippen molar-refractivity contribution in [3.8, 4) is 17.1 Å². The van der Waals surface area contributed by atoms with Gasteiger partial charge in [0.2, 0.25) is 0 Å². The predicted molar refractivity (Wildman–Crippen MR) is 107 cm³/mol. The van der Waals surface area contributed by atoms with Gasteiger partial charge in [0.05, 0.1) is 16.3 Å². The lowest BCUT2D eigenvalue weighted by atomic mass is 10.2. The molecule has 0 saturated heterocycles. The molecular weight excluding hydrogens is 411 g/mol. The zero-order valence-electron chi connectivity index (χ0n) is 13.8. The van der Waals surface area contributed by atoms with E-state index in [1.165, 1.54) is 6.21 Å². The van der Waals surface area contributed by atoms with E-state index in [1.54, 1.807) is 54.6 Å². The number of benzene rings is 2. The first-order chi connectivity index (χ1) is 13.0. The van der Waals surface area contributed by atoms with Gasteiger partial charge in [-0.3, -0.25) is 4.79 Å². The Morgan fingerprint density at radius 3 is 2.63 bits per heavy atom. The van der Waals surface area contributed by atoms with Crippen LogP contribution in [-0.4, -0.2) is 18.7 Å². The fourth-order valence-corrected chi connectivity index (χ4v) is 2.66. The Hall–Kier alpha value is -2.47. The summed E-state index contributed by atoms with van der Waals surface area (Å²) in [4.78, 5) is 11.7. The smallest absolute Gasteiger partial charge is 0.277 e. The highest BCUT2D eigenvalue weighted by Crippen LogP contribution is 2.34. The first kappa shape index (κ1) is 19.3. The molecule has 3 rings (SSSR count). The Morgan fingerprint density at radius 2 is 1.85 bits per heavy atom. The number of nitrogens with zero attached hydrogens (tertiary/aromatic N) is 1. The molecule has 27 heavy (non-hydrogen) atoms. The van der Waals surface area contributed by atoms with Crippen LogP contribution < -0.4 is 10.2 Å². The third kappa shape index (κ3) is 5.26. The molecule has 3 aromatic rings. The number of ether oxygens (including phenoxy) is 1. The molecule has 1 N–H and O–H groups in total. The maximum absolute atomic E-state index is 11.7. The van der Waals surface area contributed by atoms with E-state index < -0.39 is 5.91 Å². The number of halogens is 3. The van der Waals surface area contributed by atoms with Gasteiger partial charge in [0.25, 0.3) is 5.91 Å². The van der Waals surface area contributed by atoms with Crippen LogP contribution in [0.1, 0.15) is 5.76 Å². The van der Waals surface area contributed by atoms with Gasteiger partial charge in [0.1, 0.15) is 17.3 Å². The van der Waals surface area contributed by atoms with Crippen molar-refractivity contribution in [2.24, 2.45) is 5.10 Å². The van der Waals surface area contributed by atoms with Gasteiger partial charge in [-0.15, -0.1) is 0 Å². The molecule has 0 unspecified atom stereocenters. The third-order valence-corrected chi connectivity index (χ3v) is 4.48. The summed E-state index contributed by atoms with van der Waals surface area (Å²) in [6, 6.07) is 15.4. The molecule has 0 radical (unpaired) electrons. The van der Waals surface area contributed by atoms with E-state index >= 15 is 0 Å². The molecule has 0 fully saturated rings. The van der Waals surface area contributed by atoms with Crippen LogP contribution in [0.15, 0.2) is 64.1 Å². The lowest BCUT2D eigenvalue weighted by molar-refractivity contribution is -0.123. The predicted octanol–water partition coefficient (Wildman–Crippen LogP) is 5.44. The number of nitrogens with one attached hydrogen (secondary N) is 1. The minimum atomic E-state index is -0.411. The molecule has 0 atom stereocenters. The van der Waals surface area contributed by atoms with E-state index in [4.69, 9.17) is 44.0 Å². The van der Waals surface area contributed by atoms with Crippen LogP contribution in [0.25, 0.3) is 11.3 Å². The molecule has 0 bridgehead atoms. The molecular formula is C19H13Cl3N2O3. The van der Waals surface area contributed by atoms with Crippen molar-refractivity contribution in [2.75, 3.05) is 6.61 Å². The summed E-state index contributed by atoms with van der Waals surface area (Å²) in [5.41, 5.74) is 3.03. The zero-order chi connectivity index (χ0) is 19.2. The minimum Gasteiger partial charge on any atom is -0.484 e. The summed E-state index contributed by atoms with van der Waals surface area (Å²) in [6.45, 7) is -0.180. The van der Waals surface area contributed by atoms with Gasteiger partial charge in [-0.25, -0.2) is 5.43 Å². The van der Waals surface area contributed by atoms with Crippen molar-refractivity contribution in [1.82, 2.24) is 5.43 Å². The van der Waals surface area contributed by atoms with Gasteiger partial charge in [0, 0.05) is 10.6 Å². The summed E-state index contributed by atoms with van der Waals surface area (Å²) in [7, 11) is 0. The van der Waals surface area contributed by atoms with Crippen molar-refractivity contribution in [3.63, 3.8) is 0 Å². The Kier molecular flexibility index (Phi) is 6.40. The quantitative estimate of drug-likeness (QED) is 0.424. The number of amides is 1. The van der Waals surface area contributed by atoms with Gasteiger partial charge in [0.15, 0.2) is 6.61 Å². The van der Waals surface area contributed by atoms with Crippen LogP contribution in [-0.2, 0) is 4.79 Å². The molecule has 0 aliphatic heterocycles. The Bertz CT molecular complexity index is 969. The molecule has 1 amide bonds. The van der Waals surface area contributed by atoms with Crippen molar-refractivity contribution in [3.05, 3.63) is 75.4 Å². The van der Waals surface area contributed by atoms with Crippen LogP contribution in [0.2, 0.25) is 15.1 Å². The molecule has 8 heteroatoms. The number of hydrogen-bond acceptors (Lipinski definition) is 4. The number of carbonyl (C=O) groups is 1. The first-order valence-corrected chi connectivity index (χ1v) is 8.91. The second-order valence-electron chi connectivity index (χ2n) is 5.34. The lowest BCUT2D eigenvalue weighted by Gasteiger charge is -2.04. The average molecular weight is 424 g/mol. The monoisotopic (exact) mass is 422 g/mol. The summed E-state index contributed by atoms with van der Waals surface area (Å²) in [5.74, 6) is 1.11. The molecule has 138 valence electrons. The Balaban J connectivity index is 1.54. The van der Waals surface area contributed by atoms with Gasteiger partial charge in [-0.05, 0) is 48.5 Å². The summed E-state index contributed by atoms with van der Waals surface area (Å²) >= 11 is 18.0. The molecule has 1 heterocycles. The first-order valence-electron chi connectivity index (χ1n) is 7.77. The molecule has 5 nitrogen and oxygen atoms in total. The van der Waals surface area contributed by atoms with E-state index in [0.29, 0.717) is 37.9 Å². The topological polar surface area (TPSA) is 63.8 Å². The maximum atomic E-state index is 11.7. The molecule has 0 spiro atoms. The number of hydrogen-bond donors (Lipinski definition) is 1. The van der Waals surface area contributed by atoms with Crippen LogP contribution in [0.5, 0.6) is 5.75 Å². The normalized spacial score (nSPS) is 10.9. The summed E-state index contributed by atoms with van der Waals surface area (Å²) in [5, 5.41) is 5.27. The van der Waals surface area contributed by atoms with E-state index in [0.717, 1.165) is 0 Å². The van der Waals surface area contributed by atoms with Gasteiger partial charge in [-0.1, -0.05) is 40.9 Å². The Morgan fingerprint density at radius 1 is 1.07 bits per heavy atom. The van der Waals surface area contributed by atoms with Crippen molar-refractivity contribution >= 4 is 46.9 Å². The largest absolute Gasteiger partial charge is 0.484 e. The minimum absolute atomic E-state index is 0.180. The van der Waals surface area contributed by atoms with Crippen molar-refractivity contribution in [1.29, 1.82) is 0 Å². The zero-order valence-corrected chi connectivity index (χ0v) is 16.1. The van der Waals surface area contributed by atoms with E-state index in [2.05, 4.69) is 10.5 Å². The third-order valence-electron chi connectivity index (χ3n) is 3.41. The standard InChI is InChI=1S/C19H13Cl3N2O3/c20-12-4-6-13(7-5-12)26-11-18(25)24-23-10-14-8-9-17(27-14)15-2-1-3-16(21)19(15)22/h1-10H,11H2,(H,24,25)/b23-10-. The average Bonchev–Trinajstić information content (AvgIpc) is 3.12. The van der Waals surface area contributed by atoms with E-state index in [-0.39, 0.29) is 6.61 Å². The van der Waals surface area contributed by atoms with Gasteiger partial charge >= 0.3 is 0 Å². The second-order valence-corrected chi connectivity index (χ2v) is 6.56. The summed E-state index contributed by atoms with van der Waals surface area (Å²) < 4.78 is 11.0. The maximum Gasteiger partial charge on any atom is 0.277 e. The second kappa shape index (κ2) is 8.95. The van der Waals surface area contributed by atoms with Crippen LogP contribution >= 0.6 is 34.8 Å². The number of rotatable bonds is 6. The highest BCUT2D eigenvalue weighted by Gasteiger charge is 2.10. The molecule has 2 aromatic carbocycles. The van der Waals surface area contributed by atoms with Crippen LogP contribution in [0.3, 0.4) is 0 Å². The van der Waals surface area contributed by atoms with E-state index in [1.807, 2.05) is 0 Å². The highest BCUT2D eigenvalue weighted by atomic mass is 35.5. The molecule has 0 aliphatic carbocycles.